The van der Waals surface area contributed by atoms with Crippen LogP contribution in [-0.2, 0) is 43.0 Å². The van der Waals surface area contributed by atoms with Crippen molar-refractivity contribution < 1.29 is 12.8 Å². The van der Waals surface area contributed by atoms with E-state index in [4.69, 9.17) is 4.42 Å². The standard InChI is InChI=1S/C15H21N3O3S/c1-3-22(19,20)18(10-12-6-5-9-21-12)11-14-13-7-4-8-15(13)17(2)16-14/h5-6,9H,3-4,7-8,10-11H2,1-2H3. The number of furan rings is 1. The van der Waals surface area contributed by atoms with Gasteiger partial charge in [-0.2, -0.15) is 9.40 Å². The van der Waals surface area contributed by atoms with E-state index >= 15 is 0 Å². The molecule has 0 saturated carbocycles. The van der Waals surface area contributed by atoms with E-state index in [0.29, 0.717) is 12.3 Å². The molecule has 1 aliphatic rings. The Morgan fingerprint density at radius 1 is 1.36 bits per heavy atom. The van der Waals surface area contributed by atoms with Crippen LogP contribution in [0.4, 0.5) is 0 Å². The Balaban J connectivity index is 1.89. The topological polar surface area (TPSA) is 68.3 Å². The molecule has 22 heavy (non-hydrogen) atoms. The molecule has 0 atom stereocenters. The summed E-state index contributed by atoms with van der Waals surface area (Å²) in [6.07, 6.45) is 4.69. The molecule has 0 amide bonds. The highest BCUT2D eigenvalue weighted by Gasteiger charge is 2.27. The van der Waals surface area contributed by atoms with Crippen LogP contribution in [0.2, 0.25) is 0 Å². The zero-order valence-corrected chi connectivity index (χ0v) is 13.8. The largest absolute Gasteiger partial charge is 0.468 e. The zero-order chi connectivity index (χ0) is 15.7. The van der Waals surface area contributed by atoms with Gasteiger partial charge in [0.15, 0.2) is 0 Å². The molecule has 120 valence electrons. The van der Waals surface area contributed by atoms with Gasteiger partial charge in [0, 0.05) is 12.7 Å². The summed E-state index contributed by atoms with van der Waals surface area (Å²) in [6.45, 7) is 2.21. The van der Waals surface area contributed by atoms with E-state index in [9.17, 15) is 8.42 Å². The normalized spacial score (nSPS) is 14.7. The van der Waals surface area contributed by atoms with E-state index in [-0.39, 0.29) is 12.3 Å². The van der Waals surface area contributed by atoms with Crippen molar-refractivity contribution in [2.45, 2.75) is 39.3 Å². The van der Waals surface area contributed by atoms with Crippen molar-refractivity contribution in [2.75, 3.05) is 5.75 Å². The molecule has 0 saturated heterocycles. The first kappa shape index (κ1) is 15.3. The first-order chi connectivity index (χ1) is 10.5. The molecular weight excluding hydrogens is 302 g/mol. The third kappa shape index (κ3) is 2.83. The SMILES string of the molecule is CCS(=O)(=O)N(Cc1ccco1)Cc1nn(C)c2c1CCC2. The monoisotopic (exact) mass is 323 g/mol. The van der Waals surface area contributed by atoms with Crippen LogP contribution in [0, 0.1) is 0 Å². The Hall–Kier alpha value is -1.60. The average molecular weight is 323 g/mol. The second kappa shape index (κ2) is 5.89. The van der Waals surface area contributed by atoms with Crippen LogP contribution in [0.5, 0.6) is 0 Å². The van der Waals surface area contributed by atoms with Crippen molar-refractivity contribution in [3.8, 4) is 0 Å². The fourth-order valence-electron chi connectivity index (χ4n) is 3.00. The maximum atomic E-state index is 12.4. The van der Waals surface area contributed by atoms with E-state index in [0.717, 1.165) is 25.0 Å². The number of fused-ring (bicyclic) bond motifs is 1. The predicted molar refractivity (Wildman–Crippen MR) is 82.6 cm³/mol. The van der Waals surface area contributed by atoms with Crippen molar-refractivity contribution in [1.82, 2.24) is 14.1 Å². The molecule has 2 aromatic rings. The number of nitrogens with zero attached hydrogens (tertiary/aromatic N) is 3. The molecule has 0 spiro atoms. The molecule has 1 aliphatic carbocycles. The Labute approximate surface area is 130 Å². The fourth-order valence-corrected chi connectivity index (χ4v) is 4.01. The molecule has 0 radical (unpaired) electrons. The van der Waals surface area contributed by atoms with Gasteiger partial charge in [0.1, 0.15) is 5.76 Å². The molecule has 2 aromatic heterocycles. The first-order valence-electron chi connectivity index (χ1n) is 7.55. The van der Waals surface area contributed by atoms with Crippen LogP contribution in [0.25, 0.3) is 0 Å². The summed E-state index contributed by atoms with van der Waals surface area (Å²) in [7, 11) is -1.39. The Morgan fingerprint density at radius 2 is 2.18 bits per heavy atom. The summed E-state index contributed by atoms with van der Waals surface area (Å²) >= 11 is 0. The third-order valence-electron chi connectivity index (χ3n) is 4.19. The highest BCUT2D eigenvalue weighted by Crippen LogP contribution is 2.26. The van der Waals surface area contributed by atoms with Gasteiger partial charge in [0.05, 0.1) is 30.8 Å². The summed E-state index contributed by atoms with van der Waals surface area (Å²) in [5.41, 5.74) is 3.33. The Bertz CT molecular complexity index is 747. The quantitative estimate of drug-likeness (QED) is 0.813. The number of aryl methyl sites for hydroxylation is 1. The van der Waals surface area contributed by atoms with Gasteiger partial charge in [-0.1, -0.05) is 0 Å². The number of aromatic nitrogens is 2. The van der Waals surface area contributed by atoms with Gasteiger partial charge < -0.3 is 4.42 Å². The molecular formula is C15H21N3O3S. The fraction of sp³-hybridized carbons (Fsp3) is 0.533. The minimum atomic E-state index is -3.32. The Kier molecular flexibility index (Phi) is 4.10. The molecule has 2 heterocycles. The highest BCUT2D eigenvalue weighted by atomic mass is 32.2. The Morgan fingerprint density at radius 3 is 2.86 bits per heavy atom. The van der Waals surface area contributed by atoms with Crippen LogP contribution in [-0.4, -0.2) is 28.3 Å². The van der Waals surface area contributed by atoms with Crippen LogP contribution < -0.4 is 0 Å². The van der Waals surface area contributed by atoms with Crippen LogP contribution in [0.3, 0.4) is 0 Å². The first-order valence-corrected chi connectivity index (χ1v) is 9.16. The molecule has 6 nitrogen and oxygen atoms in total. The summed E-state index contributed by atoms with van der Waals surface area (Å²) < 4.78 is 33.4. The maximum absolute atomic E-state index is 12.4. The molecule has 0 aromatic carbocycles. The van der Waals surface area contributed by atoms with E-state index in [1.165, 1.54) is 15.6 Å². The van der Waals surface area contributed by atoms with E-state index in [2.05, 4.69) is 5.10 Å². The molecule has 0 N–H and O–H groups in total. The van der Waals surface area contributed by atoms with E-state index < -0.39 is 10.0 Å². The van der Waals surface area contributed by atoms with Gasteiger partial charge in [-0.05, 0) is 43.9 Å². The minimum Gasteiger partial charge on any atom is -0.468 e. The summed E-state index contributed by atoms with van der Waals surface area (Å²) in [4.78, 5) is 0. The zero-order valence-electron chi connectivity index (χ0n) is 12.9. The summed E-state index contributed by atoms with van der Waals surface area (Å²) in [6, 6.07) is 3.56. The summed E-state index contributed by atoms with van der Waals surface area (Å²) in [5, 5.41) is 4.53. The van der Waals surface area contributed by atoms with Gasteiger partial charge in [-0.25, -0.2) is 8.42 Å². The maximum Gasteiger partial charge on any atom is 0.214 e. The van der Waals surface area contributed by atoms with Crippen molar-refractivity contribution in [1.29, 1.82) is 0 Å². The number of sulfonamides is 1. The van der Waals surface area contributed by atoms with Crippen LogP contribution in [0.15, 0.2) is 22.8 Å². The van der Waals surface area contributed by atoms with Crippen LogP contribution in [0.1, 0.15) is 36.1 Å². The van der Waals surface area contributed by atoms with Crippen LogP contribution >= 0.6 is 0 Å². The number of rotatable bonds is 6. The number of hydrogen-bond acceptors (Lipinski definition) is 4. The third-order valence-corrected chi connectivity index (χ3v) is 5.97. The lowest BCUT2D eigenvalue weighted by Crippen LogP contribution is -2.31. The lowest BCUT2D eigenvalue weighted by molar-refractivity contribution is 0.354. The smallest absolute Gasteiger partial charge is 0.214 e. The van der Waals surface area contributed by atoms with E-state index in [1.807, 2.05) is 11.7 Å². The highest BCUT2D eigenvalue weighted by molar-refractivity contribution is 7.89. The molecule has 3 rings (SSSR count). The second-order valence-electron chi connectivity index (χ2n) is 5.60. The van der Waals surface area contributed by atoms with Gasteiger partial charge in [-0.15, -0.1) is 0 Å². The lowest BCUT2D eigenvalue weighted by atomic mass is 10.2. The minimum absolute atomic E-state index is 0.0722. The molecule has 0 bridgehead atoms. The van der Waals surface area contributed by atoms with Crippen molar-refractivity contribution in [2.24, 2.45) is 7.05 Å². The lowest BCUT2D eigenvalue weighted by Gasteiger charge is -2.19. The molecule has 0 aliphatic heterocycles. The predicted octanol–water partition coefficient (Wildman–Crippen LogP) is 1.85. The van der Waals surface area contributed by atoms with Crippen molar-refractivity contribution in [3.05, 3.63) is 41.1 Å². The van der Waals surface area contributed by atoms with E-state index in [1.54, 1.807) is 25.3 Å². The van der Waals surface area contributed by atoms with Gasteiger partial charge in [0.25, 0.3) is 0 Å². The number of hydrogen-bond donors (Lipinski definition) is 0. The summed E-state index contributed by atoms with van der Waals surface area (Å²) in [5.74, 6) is 0.715. The van der Waals surface area contributed by atoms with Gasteiger partial charge >= 0.3 is 0 Å². The van der Waals surface area contributed by atoms with Gasteiger partial charge in [-0.3, -0.25) is 4.68 Å². The van der Waals surface area contributed by atoms with Crippen molar-refractivity contribution >= 4 is 10.0 Å². The second-order valence-corrected chi connectivity index (χ2v) is 7.85. The molecule has 7 heteroatoms. The molecule has 0 fully saturated rings. The van der Waals surface area contributed by atoms with Crippen molar-refractivity contribution in [3.63, 3.8) is 0 Å². The average Bonchev–Trinajstić information content (AvgIpc) is 3.20. The van der Waals surface area contributed by atoms with Gasteiger partial charge in [0.2, 0.25) is 10.0 Å². The molecule has 0 unspecified atom stereocenters.